The van der Waals surface area contributed by atoms with Crippen molar-refractivity contribution >= 4 is 10.9 Å². The Kier molecular flexibility index (Phi) is 5.32. The molecule has 0 fully saturated rings. The third-order valence-corrected chi connectivity index (χ3v) is 5.68. The Morgan fingerprint density at radius 3 is 2.43 bits per heavy atom. The highest BCUT2D eigenvalue weighted by molar-refractivity contribution is 5.85. The van der Waals surface area contributed by atoms with Crippen LogP contribution in [-0.2, 0) is 19.5 Å². The van der Waals surface area contributed by atoms with Gasteiger partial charge in [0.25, 0.3) is 5.56 Å². The number of rotatable bonds is 5. The highest BCUT2D eigenvalue weighted by atomic mass is 16.3. The van der Waals surface area contributed by atoms with E-state index in [0.717, 1.165) is 28.6 Å². The number of para-hydroxylation sites is 1. The van der Waals surface area contributed by atoms with Crippen LogP contribution in [0.5, 0.6) is 5.88 Å². The minimum atomic E-state index is -0.494. The van der Waals surface area contributed by atoms with Crippen LogP contribution in [0, 0.1) is 11.8 Å². The third kappa shape index (κ3) is 3.37. The van der Waals surface area contributed by atoms with Gasteiger partial charge in [0, 0.05) is 36.2 Å². The first-order valence-corrected chi connectivity index (χ1v) is 10.7. The zero-order chi connectivity index (χ0) is 21.6. The first-order chi connectivity index (χ1) is 14.3. The molecule has 0 radical (unpaired) electrons. The number of aromatic amines is 1. The molecule has 1 aliphatic rings. The fraction of sp³-hybridized carbons (Fsp3) is 0.478. The average Bonchev–Trinajstić information content (AvgIpc) is 3.08. The van der Waals surface area contributed by atoms with Gasteiger partial charge in [-0.3, -0.25) is 13.9 Å². The molecule has 1 atom stereocenters. The van der Waals surface area contributed by atoms with Crippen molar-refractivity contribution in [1.29, 1.82) is 0 Å². The molecule has 3 aromatic rings. The summed E-state index contributed by atoms with van der Waals surface area (Å²) in [5.41, 5.74) is 2.43. The lowest BCUT2D eigenvalue weighted by molar-refractivity contribution is 0.343. The summed E-state index contributed by atoms with van der Waals surface area (Å²) in [5.74, 6) is 0.0420. The zero-order valence-corrected chi connectivity index (χ0v) is 18.0. The second-order valence-electron chi connectivity index (χ2n) is 9.03. The van der Waals surface area contributed by atoms with E-state index in [1.807, 2.05) is 45.9 Å². The van der Waals surface area contributed by atoms with Crippen molar-refractivity contribution in [2.75, 3.05) is 6.54 Å². The quantitative estimate of drug-likeness (QED) is 0.603. The number of hydrogen-bond donors (Lipinski definition) is 3. The van der Waals surface area contributed by atoms with E-state index in [0.29, 0.717) is 19.6 Å². The molecule has 2 aromatic heterocycles. The topological polar surface area (TPSA) is 92.0 Å². The molecule has 0 saturated heterocycles. The van der Waals surface area contributed by atoms with E-state index in [9.17, 15) is 14.7 Å². The lowest BCUT2D eigenvalue weighted by Crippen LogP contribution is -2.45. The maximum Gasteiger partial charge on any atom is 0.333 e. The summed E-state index contributed by atoms with van der Waals surface area (Å²) in [7, 11) is 0. The molecule has 7 heteroatoms. The van der Waals surface area contributed by atoms with Gasteiger partial charge < -0.3 is 15.4 Å². The molecule has 0 amide bonds. The molecule has 0 saturated carbocycles. The van der Waals surface area contributed by atoms with Crippen molar-refractivity contribution in [3.8, 4) is 5.88 Å². The van der Waals surface area contributed by atoms with Crippen LogP contribution < -0.4 is 16.6 Å². The molecule has 0 aliphatic carbocycles. The number of fused-ring (bicyclic) bond motifs is 3. The molecule has 1 unspecified atom stereocenters. The summed E-state index contributed by atoms with van der Waals surface area (Å²) in [5, 5.41) is 15.6. The molecule has 160 valence electrons. The van der Waals surface area contributed by atoms with Gasteiger partial charge in [-0.1, -0.05) is 45.9 Å². The maximum atomic E-state index is 13.4. The van der Waals surface area contributed by atoms with Crippen LogP contribution in [0.3, 0.4) is 0 Å². The van der Waals surface area contributed by atoms with Gasteiger partial charge >= 0.3 is 5.69 Å². The Hall–Kier alpha value is -2.80. The fourth-order valence-corrected chi connectivity index (χ4v) is 4.44. The number of nitrogens with one attached hydrogen (secondary N) is 2. The second-order valence-corrected chi connectivity index (χ2v) is 9.03. The monoisotopic (exact) mass is 410 g/mol. The number of nitrogens with zero attached hydrogens (tertiary/aromatic N) is 2. The number of benzene rings is 1. The number of hydrogen-bond acceptors (Lipinski definition) is 4. The molecule has 0 bridgehead atoms. The van der Waals surface area contributed by atoms with Crippen molar-refractivity contribution in [3.63, 3.8) is 0 Å². The summed E-state index contributed by atoms with van der Waals surface area (Å²) in [4.78, 5) is 29.9. The highest BCUT2D eigenvalue weighted by Gasteiger charge is 2.32. The molecule has 7 nitrogen and oxygen atoms in total. The molecule has 0 spiro atoms. The molecule has 30 heavy (non-hydrogen) atoms. The normalized spacial score (nSPS) is 16.5. The molecular formula is C23H30N4O3. The van der Waals surface area contributed by atoms with Crippen LogP contribution in [0.1, 0.15) is 50.6 Å². The lowest BCUT2D eigenvalue weighted by Gasteiger charge is -2.27. The molecule has 3 N–H and O–H groups in total. The van der Waals surface area contributed by atoms with E-state index in [2.05, 4.69) is 16.4 Å². The van der Waals surface area contributed by atoms with Crippen LogP contribution in [0.15, 0.2) is 33.9 Å². The number of aromatic nitrogens is 3. The van der Waals surface area contributed by atoms with Crippen molar-refractivity contribution in [3.05, 3.63) is 61.9 Å². The number of H-pyrrole nitrogens is 1. The summed E-state index contributed by atoms with van der Waals surface area (Å²) in [6.45, 7) is 9.26. The summed E-state index contributed by atoms with van der Waals surface area (Å²) < 4.78 is 2.63. The lowest BCUT2D eigenvalue weighted by atomic mass is 9.95. The van der Waals surface area contributed by atoms with Crippen molar-refractivity contribution in [2.24, 2.45) is 11.8 Å². The van der Waals surface area contributed by atoms with Crippen molar-refractivity contribution in [1.82, 2.24) is 19.4 Å². The average molecular weight is 411 g/mol. The minimum Gasteiger partial charge on any atom is -0.494 e. The first kappa shape index (κ1) is 20.5. The first-order valence-electron chi connectivity index (χ1n) is 10.7. The third-order valence-electron chi connectivity index (χ3n) is 5.68. The largest absolute Gasteiger partial charge is 0.494 e. The van der Waals surface area contributed by atoms with Gasteiger partial charge in [-0.15, -0.1) is 0 Å². The Labute approximate surface area is 175 Å². The fourth-order valence-electron chi connectivity index (χ4n) is 4.44. The van der Waals surface area contributed by atoms with Gasteiger partial charge in [-0.2, -0.15) is 0 Å². The van der Waals surface area contributed by atoms with Gasteiger partial charge in [-0.25, -0.2) is 4.79 Å². The standard InChI is InChI=1S/C23H30N4O3/c1-13(2)11-26-21(28)18(22(29)27(23(26)30)12-14(3)4)20-19-16(9-10-24-20)15-7-5-6-8-17(15)25-19/h5-8,13-14,20,24-25,28H,9-12H2,1-4H3. The zero-order valence-electron chi connectivity index (χ0n) is 18.0. The Balaban J connectivity index is 1.98. The molecule has 3 heterocycles. The molecule has 4 rings (SSSR count). The molecular weight excluding hydrogens is 380 g/mol. The van der Waals surface area contributed by atoms with E-state index in [1.165, 1.54) is 9.13 Å². The van der Waals surface area contributed by atoms with Gasteiger partial charge in [0.05, 0.1) is 6.04 Å². The van der Waals surface area contributed by atoms with E-state index in [-0.39, 0.29) is 23.3 Å². The van der Waals surface area contributed by atoms with E-state index in [4.69, 9.17) is 0 Å². The maximum absolute atomic E-state index is 13.4. The Bertz CT molecular complexity index is 1200. The van der Waals surface area contributed by atoms with Gasteiger partial charge in [0.2, 0.25) is 5.88 Å². The summed E-state index contributed by atoms with van der Waals surface area (Å²) in [6, 6.07) is 7.57. The van der Waals surface area contributed by atoms with Crippen molar-refractivity contribution in [2.45, 2.75) is 53.2 Å². The Morgan fingerprint density at radius 2 is 1.73 bits per heavy atom. The van der Waals surface area contributed by atoms with Gasteiger partial charge in [0.1, 0.15) is 5.56 Å². The van der Waals surface area contributed by atoms with E-state index in [1.54, 1.807) is 0 Å². The van der Waals surface area contributed by atoms with Gasteiger partial charge in [0.15, 0.2) is 0 Å². The molecule has 1 aromatic carbocycles. The van der Waals surface area contributed by atoms with Crippen LogP contribution in [-0.4, -0.2) is 25.8 Å². The second kappa shape index (κ2) is 7.80. The SMILES string of the molecule is CC(C)Cn1c(O)c(C2NCCc3c2[nH]c2ccccc32)c(=O)n(CC(C)C)c1=O. The number of aromatic hydroxyl groups is 1. The minimum absolute atomic E-state index is 0.128. The van der Waals surface area contributed by atoms with Crippen LogP contribution in [0.2, 0.25) is 0 Å². The summed E-state index contributed by atoms with van der Waals surface area (Å²) in [6.07, 6.45) is 0.836. The Morgan fingerprint density at radius 1 is 1.07 bits per heavy atom. The summed E-state index contributed by atoms with van der Waals surface area (Å²) >= 11 is 0. The smallest absolute Gasteiger partial charge is 0.333 e. The van der Waals surface area contributed by atoms with Crippen LogP contribution >= 0.6 is 0 Å². The van der Waals surface area contributed by atoms with E-state index >= 15 is 0 Å². The van der Waals surface area contributed by atoms with Gasteiger partial charge in [-0.05, 0) is 29.9 Å². The predicted molar refractivity (Wildman–Crippen MR) is 118 cm³/mol. The highest BCUT2D eigenvalue weighted by Crippen LogP contribution is 2.34. The van der Waals surface area contributed by atoms with Crippen molar-refractivity contribution < 1.29 is 5.11 Å². The predicted octanol–water partition coefficient (Wildman–Crippen LogP) is 2.74. The van der Waals surface area contributed by atoms with E-state index < -0.39 is 17.3 Å². The molecule has 1 aliphatic heterocycles. The van der Waals surface area contributed by atoms with Crippen LogP contribution in [0.25, 0.3) is 10.9 Å². The van der Waals surface area contributed by atoms with Crippen LogP contribution in [0.4, 0.5) is 0 Å².